The third kappa shape index (κ3) is 4.85. The highest BCUT2D eigenvalue weighted by molar-refractivity contribution is 6.02. The van der Waals surface area contributed by atoms with Crippen molar-refractivity contribution >= 4 is 11.8 Å². The quantitative estimate of drug-likeness (QED) is 0.656. The van der Waals surface area contributed by atoms with Crippen molar-refractivity contribution in [2.24, 2.45) is 0 Å². The van der Waals surface area contributed by atoms with Crippen LogP contribution in [0.3, 0.4) is 0 Å². The normalized spacial score (nSPS) is 24.9. The largest absolute Gasteiger partial charge is 0.489 e. The topological polar surface area (TPSA) is 61.9 Å². The minimum atomic E-state index is -0.467. The van der Waals surface area contributed by atoms with E-state index in [1.165, 1.54) is 24.8 Å². The van der Waals surface area contributed by atoms with Crippen LogP contribution in [0.15, 0.2) is 54.7 Å². The molecule has 3 atom stereocenters. The summed E-state index contributed by atoms with van der Waals surface area (Å²) in [7, 11) is 0. The monoisotopic (exact) mass is 473 g/mol. The number of allylic oxidation sites excluding steroid dienone is 1. The second-order valence-corrected chi connectivity index (χ2v) is 10.3. The molecule has 2 amide bonds. The summed E-state index contributed by atoms with van der Waals surface area (Å²) < 4.78 is 6.18. The molecule has 6 heteroatoms. The van der Waals surface area contributed by atoms with Crippen molar-refractivity contribution in [2.75, 3.05) is 0 Å². The summed E-state index contributed by atoms with van der Waals surface area (Å²) in [5, 5.41) is 2.79. The number of hydrogen-bond acceptors (Lipinski definition) is 4. The van der Waals surface area contributed by atoms with Crippen LogP contribution in [0.2, 0.25) is 0 Å². The lowest BCUT2D eigenvalue weighted by Crippen LogP contribution is -2.49. The van der Waals surface area contributed by atoms with Gasteiger partial charge in [-0.05, 0) is 62.8 Å². The Morgan fingerprint density at radius 1 is 1.00 bits per heavy atom. The lowest BCUT2D eigenvalue weighted by molar-refractivity contribution is -0.126. The third-order valence-electron chi connectivity index (χ3n) is 7.81. The Balaban J connectivity index is 1.23. The van der Waals surface area contributed by atoms with Gasteiger partial charge in [-0.1, -0.05) is 43.3 Å². The number of nitrogens with zero attached hydrogens (tertiary/aromatic N) is 2. The number of amides is 2. The van der Waals surface area contributed by atoms with Gasteiger partial charge in [0.05, 0.1) is 6.54 Å². The summed E-state index contributed by atoms with van der Waals surface area (Å²) in [6.45, 7) is 10.3. The number of fused-ring (bicyclic) bond motifs is 1. The van der Waals surface area contributed by atoms with Gasteiger partial charge in [0, 0.05) is 35.5 Å². The zero-order valence-corrected chi connectivity index (χ0v) is 20.8. The molecule has 0 aliphatic carbocycles. The fourth-order valence-electron chi connectivity index (χ4n) is 5.67. The van der Waals surface area contributed by atoms with Crippen LogP contribution in [-0.4, -0.2) is 39.7 Å². The van der Waals surface area contributed by atoms with E-state index in [0.717, 1.165) is 17.7 Å². The number of carbonyl (C=O) groups is 2. The van der Waals surface area contributed by atoms with E-state index in [2.05, 4.69) is 54.9 Å². The summed E-state index contributed by atoms with van der Waals surface area (Å²) >= 11 is 0. The molecule has 0 bridgehead atoms. The Hall–Kier alpha value is -3.12. The van der Waals surface area contributed by atoms with Crippen LogP contribution in [0.1, 0.15) is 73.0 Å². The van der Waals surface area contributed by atoms with Gasteiger partial charge in [-0.15, -0.1) is 0 Å². The summed E-state index contributed by atoms with van der Waals surface area (Å²) in [5.74, 6) is 0.445. The molecule has 3 aliphatic heterocycles. The smallest absolute Gasteiger partial charge is 0.255 e. The van der Waals surface area contributed by atoms with Gasteiger partial charge in [0.2, 0.25) is 5.91 Å². The molecule has 35 heavy (non-hydrogen) atoms. The Morgan fingerprint density at radius 2 is 1.71 bits per heavy atom. The van der Waals surface area contributed by atoms with Crippen molar-refractivity contribution < 1.29 is 14.3 Å². The summed E-state index contributed by atoms with van der Waals surface area (Å²) in [4.78, 5) is 29.8. The van der Waals surface area contributed by atoms with Gasteiger partial charge in [-0.25, -0.2) is 0 Å². The van der Waals surface area contributed by atoms with Crippen LogP contribution >= 0.6 is 0 Å². The van der Waals surface area contributed by atoms with Crippen molar-refractivity contribution in [3.05, 3.63) is 77.0 Å². The zero-order valence-electron chi connectivity index (χ0n) is 20.8. The van der Waals surface area contributed by atoms with E-state index < -0.39 is 6.04 Å². The number of nitrogens with one attached hydrogen (secondary N) is 1. The predicted molar refractivity (Wildman–Crippen MR) is 136 cm³/mol. The van der Waals surface area contributed by atoms with E-state index in [1.807, 2.05) is 18.2 Å². The zero-order chi connectivity index (χ0) is 24.5. The Bertz CT molecular complexity index is 1120. The molecule has 1 unspecified atom stereocenters. The maximum atomic E-state index is 13.1. The molecule has 3 heterocycles. The van der Waals surface area contributed by atoms with Gasteiger partial charge in [0.25, 0.3) is 5.91 Å². The number of benzene rings is 2. The van der Waals surface area contributed by atoms with E-state index in [9.17, 15) is 9.59 Å². The minimum Gasteiger partial charge on any atom is -0.489 e. The number of piperidine rings is 2. The van der Waals surface area contributed by atoms with Gasteiger partial charge >= 0.3 is 0 Å². The maximum absolute atomic E-state index is 13.1. The van der Waals surface area contributed by atoms with E-state index in [0.29, 0.717) is 55.1 Å². The summed E-state index contributed by atoms with van der Waals surface area (Å²) in [6, 6.07) is 15.0. The van der Waals surface area contributed by atoms with Crippen LogP contribution in [0.5, 0.6) is 5.75 Å². The first-order valence-electron chi connectivity index (χ1n) is 12.8. The molecule has 0 radical (unpaired) electrons. The fraction of sp³-hybridized carbons (Fsp3) is 0.448. The molecule has 2 aromatic rings. The lowest BCUT2D eigenvalue weighted by atomic mass is 9.96. The lowest BCUT2D eigenvalue weighted by Gasteiger charge is -2.39. The van der Waals surface area contributed by atoms with Crippen molar-refractivity contribution in [3.8, 4) is 5.75 Å². The SMILES string of the molecule is C=C1CCC(N2Cc3c(OCc4ccc(CN5[C@H](C)CCC[C@@H]5C)cc4)cccc3C2=O)C(=O)N1. The molecule has 6 nitrogen and oxygen atoms in total. The average molecular weight is 474 g/mol. The Kier molecular flexibility index (Phi) is 6.65. The molecule has 5 rings (SSSR count). The number of ether oxygens (including phenoxy) is 1. The number of rotatable bonds is 6. The predicted octanol–water partition coefficient (Wildman–Crippen LogP) is 4.78. The van der Waals surface area contributed by atoms with E-state index >= 15 is 0 Å². The van der Waals surface area contributed by atoms with Crippen molar-refractivity contribution in [3.63, 3.8) is 0 Å². The van der Waals surface area contributed by atoms with Crippen molar-refractivity contribution in [1.29, 1.82) is 0 Å². The van der Waals surface area contributed by atoms with E-state index in [4.69, 9.17) is 4.74 Å². The number of likely N-dealkylation sites (tertiary alicyclic amines) is 1. The molecular formula is C29H35N3O3. The Morgan fingerprint density at radius 3 is 2.43 bits per heavy atom. The van der Waals surface area contributed by atoms with E-state index in [1.54, 1.807) is 4.90 Å². The molecule has 0 saturated carbocycles. The number of carbonyl (C=O) groups excluding carboxylic acids is 2. The standard InChI is InChI=1S/C29H35N3O3/c1-19-10-15-26(28(33)30-19)32-17-25-24(29(32)34)8-5-9-27(25)35-18-23-13-11-22(12-14-23)16-31-20(2)6-4-7-21(31)3/h5,8-9,11-14,20-21,26H,1,4,6-7,10,15-18H2,2-3H3,(H,30,33)/t20-,21+,26?. The first-order valence-corrected chi connectivity index (χ1v) is 12.8. The molecule has 1 N–H and O–H groups in total. The van der Waals surface area contributed by atoms with Gasteiger partial charge in [-0.2, -0.15) is 0 Å². The van der Waals surface area contributed by atoms with Gasteiger partial charge < -0.3 is 15.0 Å². The average Bonchev–Trinajstić information content (AvgIpc) is 3.18. The number of hydrogen-bond donors (Lipinski definition) is 1. The maximum Gasteiger partial charge on any atom is 0.255 e. The first kappa shape index (κ1) is 23.6. The van der Waals surface area contributed by atoms with Crippen LogP contribution in [-0.2, 0) is 24.5 Å². The molecule has 2 fully saturated rings. The second kappa shape index (κ2) is 9.86. The van der Waals surface area contributed by atoms with Gasteiger partial charge in [0.15, 0.2) is 0 Å². The highest BCUT2D eigenvalue weighted by Crippen LogP contribution is 2.34. The third-order valence-corrected chi connectivity index (χ3v) is 7.81. The Labute approximate surface area is 207 Å². The van der Waals surface area contributed by atoms with Gasteiger partial charge in [-0.3, -0.25) is 14.5 Å². The molecule has 2 saturated heterocycles. The highest BCUT2D eigenvalue weighted by atomic mass is 16.5. The fourth-order valence-corrected chi connectivity index (χ4v) is 5.67. The molecular weight excluding hydrogens is 438 g/mol. The summed E-state index contributed by atoms with van der Waals surface area (Å²) in [5.41, 5.74) is 4.62. The van der Waals surface area contributed by atoms with Crippen molar-refractivity contribution in [2.45, 2.75) is 83.8 Å². The van der Waals surface area contributed by atoms with E-state index in [-0.39, 0.29) is 11.8 Å². The highest BCUT2D eigenvalue weighted by Gasteiger charge is 2.39. The minimum absolute atomic E-state index is 0.108. The van der Waals surface area contributed by atoms with Crippen molar-refractivity contribution in [1.82, 2.24) is 15.1 Å². The molecule has 2 aromatic carbocycles. The molecule has 0 spiro atoms. The van der Waals surface area contributed by atoms with Gasteiger partial charge in [0.1, 0.15) is 18.4 Å². The molecule has 184 valence electrons. The van der Waals surface area contributed by atoms with Crippen LogP contribution < -0.4 is 10.1 Å². The second-order valence-electron chi connectivity index (χ2n) is 10.3. The summed E-state index contributed by atoms with van der Waals surface area (Å²) in [6.07, 6.45) is 5.16. The van der Waals surface area contributed by atoms with Crippen LogP contribution in [0, 0.1) is 0 Å². The first-order chi connectivity index (χ1) is 16.9. The molecule has 0 aromatic heterocycles. The van der Waals surface area contributed by atoms with Crippen LogP contribution in [0.25, 0.3) is 0 Å². The van der Waals surface area contributed by atoms with Crippen LogP contribution in [0.4, 0.5) is 0 Å². The molecule has 3 aliphatic rings.